The molecule has 0 aliphatic rings. The Balaban J connectivity index is 3.17. The first-order valence-corrected chi connectivity index (χ1v) is 11.1. The lowest BCUT2D eigenvalue weighted by Gasteiger charge is -2.04. The van der Waals surface area contributed by atoms with Crippen molar-refractivity contribution in [1.29, 1.82) is 0 Å². The zero-order valence-electron chi connectivity index (χ0n) is 17.8. The number of rotatable bonds is 18. The van der Waals surface area contributed by atoms with Crippen molar-refractivity contribution in [2.45, 2.75) is 117 Å². The first-order chi connectivity index (χ1) is 12.7. The van der Waals surface area contributed by atoms with Crippen LogP contribution in [0.1, 0.15) is 117 Å². The molecular weight excluding hydrogens is 324 g/mol. The molecule has 3 heteroatoms. The number of carbonyl (C=O) groups is 1. The molecule has 0 aromatic heterocycles. The molecule has 0 saturated carbocycles. The van der Waals surface area contributed by atoms with E-state index in [1.165, 1.54) is 96.2 Å². The highest BCUT2D eigenvalue weighted by molar-refractivity contribution is 5.60. The van der Waals surface area contributed by atoms with Crippen LogP contribution in [0, 0.1) is 5.92 Å². The summed E-state index contributed by atoms with van der Waals surface area (Å²) in [5, 5.41) is 0. The van der Waals surface area contributed by atoms with Crippen LogP contribution in [0.25, 0.3) is 0 Å². The number of carbonyl (C=O) groups excluding carboxylic acids is 1. The minimum atomic E-state index is -0.601. The fraction of sp³-hybridized carbons (Fsp3) is 0.870. The number of unbranched alkanes of at least 4 members (excludes halogenated alkanes) is 14. The van der Waals surface area contributed by atoms with E-state index in [0.29, 0.717) is 12.5 Å². The van der Waals surface area contributed by atoms with Gasteiger partial charge in [-0.2, -0.15) is 0 Å². The van der Waals surface area contributed by atoms with Crippen LogP contribution in [0.15, 0.2) is 12.3 Å². The zero-order valence-corrected chi connectivity index (χ0v) is 17.8. The third kappa shape index (κ3) is 21.1. The normalized spacial score (nSPS) is 11.4. The molecule has 0 radical (unpaired) electrons. The van der Waals surface area contributed by atoms with Crippen LogP contribution in [-0.4, -0.2) is 12.8 Å². The molecule has 154 valence electrons. The molecule has 26 heavy (non-hydrogen) atoms. The lowest BCUT2D eigenvalue weighted by atomic mass is 10.0. The number of allylic oxidation sites excluding steroid dienone is 1. The standard InChI is InChI=1S/C23H44O3/c1-4-5-6-7-8-9-10-11-12-13-14-15-16-17-18-19-20-25-23(24)26-21-22(2)3/h19-20,22H,4-18,21H2,1-3H3. The summed E-state index contributed by atoms with van der Waals surface area (Å²) >= 11 is 0. The molecule has 0 N–H and O–H groups in total. The summed E-state index contributed by atoms with van der Waals surface area (Å²) in [5.74, 6) is 0.335. The summed E-state index contributed by atoms with van der Waals surface area (Å²) < 4.78 is 9.79. The number of ether oxygens (including phenoxy) is 2. The molecule has 3 nitrogen and oxygen atoms in total. The van der Waals surface area contributed by atoms with Gasteiger partial charge in [-0.1, -0.05) is 104 Å². The fourth-order valence-corrected chi connectivity index (χ4v) is 2.90. The number of hydrogen-bond donors (Lipinski definition) is 0. The zero-order chi connectivity index (χ0) is 19.3. The van der Waals surface area contributed by atoms with E-state index in [0.717, 1.165) is 6.42 Å². The molecule has 0 aliphatic heterocycles. The maximum Gasteiger partial charge on any atom is 0.513 e. The summed E-state index contributed by atoms with van der Waals surface area (Å²) in [6.45, 7) is 6.68. The van der Waals surface area contributed by atoms with E-state index in [-0.39, 0.29) is 0 Å². The van der Waals surface area contributed by atoms with E-state index >= 15 is 0 Å². The van der Waals surface area contributed by atoms with Crippen molar-refractivity contribution in [1.82, 2.24) is 0 Å². The Hall–Kier alpha value is -0.990. The molecule has 0 fully saturated rings. The molecule has 0 spiro atoms. The van der Waals surface area contributed by atoms with Crippen molar-refractivity contribution in [3.8, 4) is 0 Å². The van der Waals surface area contributed by atoms with Gasteiger partial charge in [-0.15, -0.1) is 0 Å². The molecule has 0 heterocycles. The van der Waals surface area contributed by atoms with Crippen LogP contribution < -0.4 is 0 Å². The summed E-state index contributed by atoms with van der Waals surface area (Å²) in [6, 6.07) is 0. The molecule has 0 atom stereocenters. The summed E-state index contributed by atoms with van der Waals surface area (Å²) in [5.41, 5.74) is 0. The van der Waals surface area contributed by atoms with Gasteiger partial charge in [0.05, 0.1) is 12.9 Å². The average Bonchev–Trinajstić information content (AvgIpc) is 2.62. The van der Waals surface area contributed by atoms with E-state index in [1.54, 1.807) is 0 Å². The predicted molar refractivity (Wildman–Crippen MR) is 111 cm³/mol. The van der Waals surface area contributed by atoms with Gasteiger partial charge in [0.1, 0.15) is 0 Å². The van der Waals surface area contributed by atoms with Crippen molar-refractivity contribution < 1.29 is 14.3 Å². The summed E-state index contributed by atoms with van der Waals surface area (Å²) in [7, 11) is 0. The van der Waals surface area contributed by atoms with E-state index in [2.05, 4.69) is 6.92 Å². The van der Waals surface area contributed by atoms with Crippen LogP contribution >= 0.6 is 0 Å². The second-order valence-electron chi connectivity index (χ2n) is 7.83. The highest BCUT2D eigenvalue weighted by Gasteiger charge is 2.02. The second kappa shape index (κ2) is 20.3. The van der Waals surface area contributed by atoms with E-state index in [9.17, 15) is 4.79 Å². The monoisotopic (exact) mass is 368 g/mol. The van der Waals surface area contributed by atoms with Gasteiger partial charge in [0.15, 0.2) is 0 Å². The van der Waals surface area contributed by atoms with Crippen LogP contribution in [0.4, 0.5) is 4.79 Å². The van der Waals surface area contributed by atoms with Crippen molar-refractivity contribution in [2.75, 3.05) is 6.61 Å². The van der Waals surface area contributed by atoms with Gasteiger partial charge in [0.25, 0.3) is 0 Å². The Morgan fingerprint density at radius 2 is 1.23 bits per heavy atom. The lowest BCUT2D eigenvalue weighted by molar-refractivity contribution is 0.0749. The van der Waals surface area contributed by atoms with Crippen molar-refractivity contribution >= 4 is 6.16 Å². The van der Waals surface area contributed by atoms with Crippen molar-refractivity contribution in [3.63, 3.8) is 0 Å². The number of hydrogen-bond acceptors (Lipinski definition) is 3. The van der Waals surface area contributed by atoms with Crippen LogP contribution in [0.5, 0.6) is 0 Å². The Morgan fingerprint density at radius 1 is 0.769 bits per heavy atom. The Labute approximate surface area is 162 Å². The van der Waals surface area contributed by atoms with E-state index < -0.39 is 6.16 Å². The molecule has 0 amide bonds. The summed E-state index contributed by atoms with van der Waals surface area (Å²) in [6.07, 6.45) is 23.0. The molecule has 0 aromatic rings. The fourth-order valence-electron chi connectivity index (χ4n) is 2.90. The SMILES string of the molecule is CCCCCCCCCCCCCCCCC=COC(=O)OCC(C)C. The third-order valence-electron chi connectivity index (χ3n) is 4.52. The average molecular weight is 369 g/mol. The Kier molecular flexibility index (Phi) is 19.5. The maximum absolute atomic E-state index is 11.2. The molecule has 0 bridgehead atoms. The highest BCUT2D eigenvalue weighted by atomic mass is 16.7. The Morgan fingerprint density at radius 3 is 1.69 bits per heavy atom. The lowest BCUT2D eigenvalue weighted by Crippen LogP contribution is -2.08. The van der Waals surface area contributed by atoms with E-state index in [1.807, 2.05) is 19.9 Å². The van der Waals surface area contributed by atoms with Gasteiger partial charge < -0.3 is 9.47 Å². The first-order valence-electron chi connectivity index (χ1n) is 11.1. The van der Waals surface area contributed by atoms with Gasteiger partial charge in [-0.25, -0.2) is 4.79 Å². The van der Waals surface area contributed by atoms with E-state index in [4.69, 9.17) is 9.47 Å². The first kappa shape index (κ1) is 25.0. The molecule has 0 aliphatic carbocycles. The molecule has 0 aromatic carbocycles. The quantitative estimate of drug-likeness (QED) is 0.139. The van der Waals surface area contributed by atoms with Crippen molar-refractivity contribution in [2.24, 2.45) is 5.92 Å². The molecule has 0 unspecified atom stereocenters. The van der Waals surface area contributed by atoms with Gasteiger partial charge in [0, 0.05) is 0 Å². The predicted octanol–water partition coefficient (Wildman–Crippen LogP) is 8.18. The van der Waals surface area contributed by atoms with Gasteiger partial charge >= 0.3 is 6.16 Å². The van der Waals surface area contributed by atoms with Crippen LogP contribution in [0.2, 0.25) is 0 Å². The summed E-state index contributed by atoms with van der Waals surface area (Å²) in [4.78, 5) is 11.2. The minimum absolute atomic E-state index is 0.335. The molecule has 0 rings (SSSR count). The second-order valence-corrected chi connectivity index (χ2v) is 7.83. The van der Waals surface area contributed by atoms with Gasteiger partial charge in [-0.3, -0.25) is 0 Å². The largest absolute Gasteiger partial charge is 0.513 e. The van der Waals surface area contributed by atoms with Crippen LogP contribution in [0.3, 0.4) is 0 Å². The maximum atomic E-state index is 11.2. The van der Waals surface area contributed by atoms with Gasteiger partial charge in [0.2, 0.25) is 0 Å². The Bertz CT molecular complexity index is 323. The highest BCUT2D eigenvalue weighted by Crippen LogP contribution is 2.13. The third-order valence-corrected chi connectivity index (χ3v) is 4.52. The minimum Gasteiger partial charge on any atom is -0.434 e. The van der Waals surface area contributed by atoms with Gasteiger partial charge in [-0.05, 0) is 24.8 Å². The van der Waals surface area contributed by atoms with Crippen molar-refractivity contribution in [3.05, 3.63) is 12.3 Å². The molecular formula is C23H44O3. The van der Waals surface area contributed by atoms with Crippen LogP contribution in [-0.2, 0) is 9.47 Å². The smallest absolute Gasteiger partial charge is 0.434 e. The topological polar surface area (TPSA) is 35.5 Å². The molecule has 0 saturated heterocycles.